The van der Waals surface area contributed by atoms with E-state index in [-0.39, 0.29) is 12.5 Å². The first-order chi connectivity index (χ1) is 9.81. The molecule has 3 rings (SSSR count). The lowest BCUT2D eigenvalue weighted by atomic mass is 10.4. The molecule has 1 amide bonds. The minimum absolute atomic E-state index is 0.114. The molecular formula is C12H15N7O. The molecule has 1 saturated heterocycles. The number of hydrogen-bond acceptors (Lipinski definition) is 6. The van der Waals surface area contributed by atoms with E-state index in [0.29, 0.717) is 5.82 Å². The highest BCUT2D eigenvalue weighted by molar-refractivity contribution is 5.89. The smallest absolute Gasteiger partial charge is 0.247 e. The molecule has 2 aromatic heterocycles. The molecule has 0 saturated carbocycles. The lowest BCUT2D eigenvalue weighted by Gasteiger charge is -2.16. The highest BCUT2D eigenvalue weighted by Gasteiger charge is 2.14. The molecule has 0 bridgehead atoms. The SMILES string of the molecule is O=C(Cn1cncn1)Nc1cc(N2CCCC2)ncn1. The van der Waals surface area contributed by atoms with E-state index >= 15 is 0 Å². The monoisotopic (exact) mass is 273 g/mol. The first kappa shape index (κ1) is 12.5. The fourth-order valence-electron chi connectivity index (χ4n) is 2.18. The highest BCUT2D eigenvalue weighted by Crippen LogP contribution is 2.19. The Kier molecular flexibility index (Phi) is 3.53. The Balaban J connectivity index is 1.64. The van der Waals surface area contributed by atoms with Gasteiger partial charge in [-0.05, 0) is 12.8 Å². The first-order valence-corrected chi connectivity index (χ1v) is 6.50. The van der Waals surface area contributed by atoms with Gasteiger partial charge in [-0.3, -0.25) is 4.79 Å². The number of carbonyl (C=O) groups is 1. The topological polar surface area (TPSA) is 88.8 Å². The molecule has 1 fully saturated rings. The van der Waals surface area contributed by atoms with Gasteiger partial charge in [-0.15, -0.1) is 0 Å². The zero-order valence-corrected chi connectivity index (χ0v) is 10.9. The summed E-state index contributed by atoms with van der Waals surface area (Å²) < 4.78 is 1.46. The quantitative estimate of drug-likeness (QED) is 0.862. The van der Waals surface area contributed by atoms with Crippen LogP contribution in [0.3, 0.4) is 0 Å². The highest BCUT2D eigenvalue weighted by atomic mass is 16.2. The lowest BCUT2D eigenvalue weighted by Crippen LogP contribution is -2.22. The lowest BCUT2D eigenvalue weighted by molar-refractivity contribution is -0.116. The Morgan fingerprint density at radius 2 is 2.10 bits per heavy atom. The van der Waals surface area contributed by atoms with E-state index in [1.807, 2.05) is 0 Å². The molecule has 0 spiro atoms. The molecule has 0 radical (unpaired) electrons. The molecule has 0 unspecified atom stereocenters. The van der Waals surface area contributed by atoms with Crippen LogP contribution in [0.5, 0.6) is 0 Å². The first-order valence-electron chi connectivity index (χ1n) is 6.50. The van der Waals surface area contributed by atoms with Crippen molar-refractivity contribution in [2.45, 2.75) is 19.4 Å². The molecule has 8 heteroatoms. The van der Waals surface area contributed by atoms with Crippen LogP contribution >= 0.6 is 0 Å². The van der Waals surface area contributed by atoms with Crippen LogP contribution < -0.4 is 10.2 Å². The second-order valence-corrected chi connectivity index (χ2v) is 4.60. The second-order valence-electron chi connectivity index (χ2n) is 4.60. The van der Waals surface area contributed by atoms with E-state index in [4.69, 9.17) is 0 Å². The molecule has 104 valence electrons. The fourth-order valence-corrected chi connectivity index (χ4v) is 2.18. The van der Waals surface area contributed by atoms with E-state index in [1.54, 1.807) is 6.07 Å². The Hall–Kier alpha value is -2.51. The standard InChI is InChI=1S/C12H15N7O/c20-12(6-19-9-13-7-16-19)17-10-5-11(15-8-14-10)18-3-1-2-4-18/h5,7-9H,1-4,6H2,(H,14,15,17,20). The minimum atomic E-state index is -0.193. The summed E-state index contributed by atoms with van der Waals surface area (Å²) in [4.78, 5) is 26.1. The summed E-state index contributed by atoms with van der Waals surface area (Å²) in [6.45, 7) is 2.12. The van der Waals surface area contributed by atoms with E-state index in [0.717, 1.165) is 18.9 Å². The fraction of sp³-hybridized carbons (Fsp3) is 0.417. The molecule has 1 aliphatic heterocycles. The Morgan fingerprint density at radius 3 is 2.85 bits per heavy atom. The molecule has 2 aromatic rings. The molecule has 1 aliphatic rings. The minimum Gasteiger partial charge on any atom is -0.356 e. The molecule has 1 N–H and O–H groups in total. The molecule has 20 heavy (non-hydrogen) atoms. The maximum atomic E-state index is 11.8. The second kappa shape index (κ2) is 5.64. The van der Waals surface area contributed by atoms with Crippen LogP contribution in [0.2, 0.25) is 0 Å². The number of hydrogen-bond donors (Lipinski definition) is 1. The number of amides is 1. The number of nitrogens with zero attached hydrogens (tertiary/aromatic N) is 6. The normalized spacial score (nSPS) is 14.5. The molecular weight excluding hydrogens is 258 g/mol. The van der Waals surface area contributed by atoms with Gasteiger partial charge < -0.3 is 10.2 Å². The van der Waals surface area contributed by atoms with Crippen molar-refractivity contribution in [2.75, 3.05) is 23.3 Å². The number of aromatic nitrogens is 5. The summed E-state index contributed by atoms with van der Waals surface area (Å²) >= 11 is 0. The van der Waals surface area contributed by atoms with Crippen LogP contribution in [0.1, 0.15) is 12.8 Å². The van der Waals surface area contributed by atoms with Crippen molar-refractivity contribution in [2.24, 2.45) is 0 Å². The maximum absolute atomic E-state index is 11.8. The van der Waals surface area contributed by atoms with Gasteiger partial charge in [-0.2, -0.15) is 5.10 Å². The largest absolute Gasteiger partial charge is 0.356 e. The summed E-state index contributed by atoms with van der Waals surface area (Å²) in [6.07, 6.45) is 6.72. The molecule has 8 nitrogen and oxygen atoms in total. The number of nitrogens with one attached hydrogen (secondary N) is 1. The van der Waals surface area contributed by atoms with E-state index in [2.05, 4.69) is 30.3 Å². The third-order valence-electron chi connectivity index (χ3n) is 3.12. The van der Waals surface area contributed by atoms with Gasteiger partial charge in [0.1, 0.15) is 37.2 Å². The Bertz CT molecular complexity index is 577. The van der Waals surface area contributed by atoms with Crippen molar-refractivity contribution < 1.29 is 4.79 Å². The molecule has 0 aliphatic carbocycles. The average molecular weight is 273 g/mol. The average Bonchev–Trinajstić information content (AvgIpc) is 3.11. The van der Waals surface area contributed by atoms with Crippen molar-refractivity contribution in [3.05, 3.63) is 25.0 Å². The van der Waals surface area contributed by atoms with Crippen LogP contribution in [0.4, 0.5) is 11.6 Å². The van der Waals surface area contributed by atoms with Crippen molar-refractivity contribution in [1.82, 2.24) is 24.7 Å². The van der Waals surface area contributed by atoms with E-state index < -0.39 is 0 Å². The van der Waals surface area contributed by atoms with Crippen LogP contribution in [-0.4, -0.2) is 43.7 Å². The van der Waals surface area contributed by atoms with Gasteiger partial charge in [-0.25, -0.2) is 19.6 Å². The molecule has 0 atom stereocenters. The van der Waals surface area contributed by atoms with Gasteiger partial charge in [0.2, 0.25) is 5.91 Å². The van der Waals surface area contributed by atoms with E-state index in [9.17, 15) is 4.79 Å². The van der Waals surface area contributed by atoms with Crippen molar-refractivity contribution in [1.29, 1.82) is 0 Å². The predicted molar refractivity (Wildman–Crippen MR) is 72.1 cm³/mol. The van der Waals surface area contributed by atoms with Crippen molar-refractivity contribution in [3.63, 3.8) is 0 Å². The number of anilines is 2. The van der Waals surface area contributed by atoms with Crippen molar-refractivity contribution >= 4 is 17.5 Å². The Morgan fingerprint density at radius 1 is 1.25 bits per heavy atom. The third-order valence-corrected chi connectivity index (χ3v) is 3.12. The summed E-state index contributed by atoms with van der Waals surface area (Å²) in [5, 5.41) is 6.62. The number of carbonyl (C=O) groups excluding carboxylic acids is 1. The van der Waals surface area contributed by atoms with Crippen LogP contribution in [-0.2, 0) is 11.3 Å². The summed E-state index contributed by atoms with van der Waals surface area (Å²) in [7, 11) is 0. The van der Waals surface area contributed by atoms with Crippen LogP contribution in [0.15, 0.2) is 25.0 Å². The van der Waals surface area contributed by atoms with Gasteiger partial charge in [0.05, 0.1) is 0 Å². The van der Waals surface area contributed by atoms with Gasteiger partial charge in [0.25, 0.3) is 0 Å². The summed E-state index contributed by atoms with van der Waals surface area (Å²) in [5.74, 6) is 1.17. The zero-order valence-electron chi connectivity index (χ0n) is 10.9. The van der Waals surface area contributed by atoms with E-state index in [1.165, 1.54) is 36.5 Å². The van der Waals surface area contributed by atoms with Gasteiger partial charge in [0, 0.05) is 19.2 Å². The summed E-state index contributed by atoms with van der Waals surface area (Å²) in [5.41, 5.74) is 0. The zero-order chi connectivity index (χ0) is 13.8. The van der Waals surface area contributed by atoms with Gasteiger partial charge >= 0.3 is 0 Å². The maximum Gasteiger partial charge on any atom is 0.247 e. The summed E-state index contributed by atoms with van der Waals surface area (Å²) in [6, 6.07) is 1.80. The van der Waals surface area contributed by atoms with Crippen molar-refractivity contribution in [3.8, 4) is 0 Å². The Labute approximate surface area is 115 Å². The molecule has 3 heterocycles. The molecule has 0 aromatic carbocycles. The van der Waals surface area contributed by atoms with Gasteiger partial charge in [-0.1, -0.05) is 0 Å². The van der Waals surface area contributed by atoms with Gasteiger partial charge in [0.15, 0.2) is 0 Å². The third kappa shape index (κ3) is 2.90. The van der Waals surface area contributed by atoms with Crippen LogP contribution in [0, 0.1) is 0 Å². The number of rotatable bonds is 4. The van der Waals surface area contributed by atoms with Crippen LogP contribution in [0.25, 0.3) is 0 Å². The predicted octanol–water partition coefficient (Wildman–Crippen LogP) is 0.307.